The number of hydrogen-bond acceptors (Lipinski definition) is 2. The first-order chi connectivity index (χ1) is 5.29. The molecule has 3 heteroatoms. The van der Waals surface area contributed by atoms with E-state index in [4.69, 9.17) is 5.11 Å². The molecule has 0 bridgehead atoms. The average Bonchev–Trinajstić information content (AvgIpc) is 2.03. The van der Waals surface area contributed by atoms with Gasteiger partial charge in [-0.2, -0.15) is 0 Å². The zero-order chi connectivity index (χ0) is 8.10. The molecule has 1 aliphatic heterocycles. The standard InChI is InChI=1S/C8H9NO2/c10-8(11)4-7-9-5-2-1-3-6-9/h1-5,7H,6H2,(H,10,11)/b7-4-. The number of carboxylic acids is 1. The SMILES string of the molecule is O=C(O)/C=C\N1C=CC=CC1. The highest BCUT2D eigenvalue weighted by Crippen LogP contribution is 1.98. The van der Waals surface area contributed by atoms with Crippen LogP contribution in [0.2, 0.25) is 0 Å². The predicted molar refractivity (Wildman–Crippen MR) is 41.8 cm³/mol. The molecule has 0 aliphatic carbocycles. The van der Waals surface area contributed by atoms with Crippen molar-refractivity contribution in [2.75, 3.05) is 6.54 Å². The first-order valence-corrected chi connectivity index (χ1v) is 3.29. The van der Waals surface area contributed by atoms with Crippen molar-refractivity contribution in [1.82, 2.24) is 4.90 Å². The Morgan fingerprint density at radius 1 is 1.55 bits per heavy atom. The van der Waals surface area contributed by atoms with Crippen molar-refractivity contribution in [2.45, 2.75) is 0 Å². The number of nitrogens with zero attached hydrogens (tertiary/aromatic N) is 1. The maximum Gasteiger partial charge on any atom is 0.329 e. The second kappa shape index (κ2) is 3.61. The van der Waals surface area contributed by atoms with Crippen LogP contribution in [0.1, 0.15) is 0 Å². The van der Waals surface area contributed by atoms with Gasteiger partial charge in [-0.1, -0.05) is 12.2 Å². The summed E-state index contributed by atoms with van der Waals surface area (Å²) in [4.78, 5) is 11.9. The van der Waals surface area contributed by atoms with Crippen LogP contribution in [0.4, 0.5) is 0 Å². The fourth-order valence-corrected chi connectivity index (χ4v) is 0.752. The van der Waals surface area contributed by atoms with Crippen LogP contribution in [-0.2, 0) is 4.79 Å². The Morgan fingerprint density at radius 2 is 2.36 bits per heavy atom. The molecule has 0 aromatic rings. The largest absolute Gasteiger partial charge is 0.478 e. The van der Waals surface area contributed by atoms with Gasteiger partial charge in [0, 0.05) is 25.0 Å². The zero-order valence-corrected chi connectivity index (χ0v) is 5.97. The molecule has 0 unspecified atom stereocenters. The molecule has 0 saturated carbocycles. The van der Waals surface area contributed by atoms with Crippen molar-refractivity contribution in [2.24, 2.45) is 0 Å². The monoisotopic (exact) mass is 151 g/mol. The van der Waals surface area contributed by atoms with E-state index in [1.807, 2.05) is 24.4 Å². The summed E-state index contributed by atoms with van der Waals surface area (Å²) in [6.45, 7) is 0.736. The Bertz CT molecular complexity index is 228. The predicted octanol–water partition coefficient (Wildman–Crippen LogP) is 0.970. The minimum Gasteiger partial charge on any atom is -0.478 e. The summed E-state index contributed by atoms with van der Waals surface area (Å²) in [5.41, 5.74) is 0. The van der Waals surface area contributed by atoms with Crippen LogP contribution in [0.15, 0.2) is 36.7 Å². The quantitative estimate of drug-likeness (QED) is 0.598. The number of rotatable bonds is 2. The lowest BCUT2D eigenvalue weighted by molar-refractivity contribution is -0.131. The van der Waals surface area contributed by atoms with E-state index in [1.165, 1.54) is 6.20 Å². The van der Waals surface area contributed by atoms with Gasteiger partial charge in [0.05, 0.1) is 0 Å². The van der Waals surface area contributed by atoms with Crippen LogP contribution in [-0.4, -0.2) is 22.5 Å². The summed E-state index contributed by atoms with van der Waals surface area (Å²) in [5, 5.41) is 8.29. The molecule has 0 fully saturated rings. The Hall–Kier alpha value is -1.51. The Kier molecular flexibility index (Phi) is 2.49. The Morgan fingerprint density at radius 3 is 2.91 bits per heavy atom. The van der Waals surface area contributed by atoms with Crippen molar-refractivity contribution < 1.29 is 9.90 Å². The van der Waals surface area contributed by atoms with Crippen molar-refractivity contribution in [1.29, 1.82) is 0 Å². The van der Waals surface area contributed by atoms with Crippen molar-refractivity contribution in [3.63, 3.8) is 0 Å². The molecule has 11 heavy (non-hydrogen) atoms. The molecule has 58 valence electrons. The highest BCUT2D eigenvalue weighted by Gasteiger charge is 1.94. The summed E-state index contributed by atoms with van der Waals surface area (Å²) in [6.07, 6.45) is 10.2. The smallest absolute Gasteiger partial charge is 0.329 e. The molecule has 0 aromatic carbocycles. The van der Waals surface area contributed by atoms with Crippen LogP contribution in [0.25, 0.3) is 0 Å². The molecular weight excluding hydrogens is 142 g/mol. The molecular formula is C8H9NO2. The third-order valence-electron chi connectivity index (χ3n) is 1.25. The van der Waals surface area contributed by atoms with Gasteiger partial charge in [-0.3, -0.25) is 0 Å². The van der Waals surface area contributed by atoms with Crippen LogP contribution in [0, 0.1) is 0 Å². The van der Waals surface area contributed by atoms with E-state index in [0.717, 1.165) is 12.6 Å². The summed E-state index contributed by atoms with van der Waals surface area (Å²) in [6, 6.07) is 0. The first-order valence-electron chi connectivity index (χ1n) is 3.29. The molecule has 0 atom stereocenters. The number of carbonyl (C=O) groups is 1. The molecule has 3 nitrogen and oxygen atoms in total. The first kappa shape index (κ1) is 7.60. The summed E-state index contributed by atoms with van der Waals surface area (Å²) >= 11 is 0. The third kappa shape index (κ3) is 2.71. The third-order valence-corrected chi connectivity index (χ3v) is 1.25. The molecule has 0 spiro atoms. The lowest BCUT2D eigenvalue weighted by atomic mass is 10.3. The van der Waals surface area contributed by atoms with E-state index >= 15 is 0 Å². The van der Waals surface area contributed by atoms with Crippen LogP contribution >= 0.6 is 0 Å². The van der Waals surface area contributed by atoms with Gasteiger partial charge in [0.15, 0.2) is 0 Å². The molecule has 1 aliphatic rings. The molecule has 0 aromatic heterocycles. The van der Waals surface area contributed by atoms with Crippen LogP contribution in [0.3, 0.4) is 0 Å². The normalized spacial score (nSPS) is 16.2. The van der Waals surface area contributed by atoms with Crippen LogP contribution in [0.5, 0.6) is 0 Å². The van der Waals surface area contributed by atoms with Gasteiger partial charge in [-0.25, -0.2) is 4.79 Å². The highest BCUT2D eigenvalue weighted by atomic mass is 16.4. The van der Waals surface area contributed by atoms with E-state index < -0.39 is 5.97 Å². The minimum absolute atomic E-state index is 0.736. The fraction of sp³-hybridized carbons (Fsp3) is 0.125. The van der Waals surface area contributed by atoms with Gasteiger partial charge < -0.3 is 10.0 Å². The van der Waals surface area contributed by atoms with Crippen LogP contribution < -0.4 is 0 Å². The number of hydrogen-bond donors (Lipinski definition) is 1. The topological polar surface area (TPSA) is 40.5 Å². The van der Waals surface area contributed by atoms with E-state index in [-0.39, 0.29) is 0 Å². The summed E-state index contributed by atoms with van der Waals surface area (Å²) in [5.74, 6) is -0.923. The molecule has 0 radical (unpaired) electrons. The number of allylic oxidation sites excluding steroid dienone is 2. The molecule has 1 N–H and O–H groups in total. The van der Waals surface area contributed by atoms with E-state index in [1.54, 1.807) is 4.90 Å². The van der Waals surface area contributed by atoms with Gasteiger partial charge in [-0.15, -0.1) is 0 Å². The summed E-state index contributed by atoms with van der Waals surface area (Å²) in [7, 11) is 0. The van der Waals surface area contributed by atoms with Gasteiger partial charge in [0.25, 0.3) is 0 Å². The van der Waals surface area contributed by atoms with Crippen molar-refractivity contribution >= 4 is 5.97 Å². The number of carboxylic acid groups (broad SMARTS) is 1. The Labute approximate surface area is 64.9 Å². The average molecular weight is 151 g/mol. The van der Waals surface area contributed by atoms with Gasteiger partial charge in [0.2, 0.25) is 0 Å². The van der Waals surface area contributed by atoms with Gasteiger partial charge >= 0.3 is 5.97 Å². The maximum atomic E-state index is 10.1. The van der Waals surface area contributed by atoms with E-state index in [0.29, 0.717) is 0 Å². The fourth-order valence-electron chi connectivity index (χ4n) is 0.752. The molecule has 0 amide bonds. The minimum atomic E-state index is -0.923. The van der Waals surface area contributed by atoms with Gasteiger partial charge in [0.1, 0.15) is 0 Å². The number of aliphatic carboxylic acids is 1. The highest BCUT2D eigenvalue weighted by molar-refractivity contribution is 5.79. The van der Waals surface area contributed by atoms with Gasteiger partial charge in [-0.05, 0) is 6.08 Å². The zero-order valence-electron chi connectivity index (χ0n) is 5.97. The molecule has 0 saturated heterocycles. The lowest BCUT2D eigenvalue weighted by Gasteiger charge is -2.13. The molecule has 1 heterocycles. The second-order valence-corrected chi connectivity index (χ2v) is 2.12. The summed E-state index contributed by atoms with van der Waals surface area (Å²) < 4.78 is 0. The van der Waals surface area contributed by atoms with E-state index in [9.17, 15) is 4.79 Å². The van der Waals surface area contributed by atoms with Crippen molar-refractivity contribution in [3.05, 3.63) is 36.7 Å². The molecule has 1 rings (SSSR count). The van der Waals surface area contributed by atoms with Crippen molar-refractivity contribution in [3.8, 4) is 0 Å². The maximum absolute atomic E-state index is 10.1. The Balaban J connectivity index is 2.44. The van der Waals surface area contributed by atoms with E-state index in [2.05, 4.69) is 0 Å². The lowest BCUT2D eigenvalue weighted by Crippen LogP contribution is -2.11. The second-order valence-electron chi connectivity index (χ2n) is 2.12.